The molecule has 4 rings (SSSR count). The summed E-state index contributed by atoms with van der Waals surface area (Å²) in [5.41, 5.74) is 4.51. The van der Waals surface area contributed by atoms with Crippen molar-refractivity contribution in [2.45, 2.75) is 6.92 Å². The molecule has 1 heterocycles. The number of carbonyl (C=O) groups excluding carboxylic acids is 1. The molecule has 0 aromatic heterocycles. The number of benzene rings is 3. The van der Waals surface area contributed by atoms with Gasteiger partial charge in [-0.3, -0.25) is 4.79 Å². The summed E-state index contributed by atoms with van der Waals surface area (Å²) in [6, 6.07) is 21.9. The van der Waals surface area contributed by atoms with Crippen molar-refractivity contribution in [1.82, 2.24) is 5.01 Å². The standard InChI is InChI=1S/C25H24N2O4/c1-18-7-12-22(17-23(18)19-8-10-21(11-9-19)25(29)30)27(26-13-15-31-16-14-26)24(28)20-5-3-2-4-6-20/h2-12,17H,13-16H2,1H3,(H,29,30). The first-order valence-corrected chi connectivity index (χ1v) is 10.2. The van der Waals surface area contributed by atoms with Gasteiger partial charge in [0, 0.05) is 18.7 Å². The summed E-state index contributed by atoms with van der Waals surface area (Å²) in [6.45, 7) is 4.37. The fraction of sp³-hybridized carbons (Fsp3) is 0.200. The summed E-state index contributed by atoms with van der Waals surface area (Å²) in [4.78, 5) is 24.7. The Morgan fingerprint density at radius 1 is 0.903 bits per heavy atom. The van der Waals surface area contributed by atoms with Crippen molar-refractivity contribution in [3.63, 3.8) is 0 Å². The van der Waals surface area contributed by atoms with E-state index in [1.54, 1.807) is 29.3 Å². The third-order valence-corrected chi connectivity index (χ3v) is 5.39. The Hall–Kier alpha value is -3.48. The van der Waals surface area contributed by atoms with Crippen LogP contribution in [-0.4, -0.2) is 48.3 Å². The van der Waals surface area contributed by atoms with E-state index in [0.29, 0.717) is 31.9 Å². The summed E-state index contributed by atoms with van der Waals surface area (Å²) in [6.07, 6.45) is 0. The van der Waals surface area contributed by atoms with Gasteiger partial charge in [-0.05, 0) is 60.0 Å². The van der Waals surface area contributed by atoms with Gasteiger partial charge in [0.1, 0.15) is 0 Å². The summed E-state index contributed by atoms with van der Waals surface area (Å²) >= 11 is 0. The molecule has 6 nitrogen and oxygen atoms in total. The molecule has 3 aromatic rings. The summed E-state index contributed by atoms with van der Waals surface area (Å²) < 4.78 is 5.49. The van der Waals surface area contributed by atoms with Crippen LogP contribution in [0.3, 0.4) is 0 Å². The maximum atomic E-state index is 13.5. The highest BCUT2D eigenvalue weighted by molar-refractivity contribution is 6.05. The maximum absolute atomic E-state index is 13.5. The molecule has 0 aliphatic carbocycles. The molecule has 0 unspecified atom stereocenters. The molecule has 0 radical (unpaired) electrons. The number of morpholine rings is 1. The Labute approximate surface area is 181 Å². The fourth-order valence-electron chi connectivity index (χ4n) is 3.71. The fourth-order valence-corrected chi connectivity index (χ4v) is 3.71. The third-order valence-electron chi connectivity index (χ3n) is 5.39. The molecule has 1 aliphatic heterocycles. The predicted molar refractivity (Wildman–Crippen MR) is 119 cm³/mol. The Kier molecular flexibility index (Phi) is 6.11. The number of hydrazine groups is 1. The van der Waals surface area contributed by atoms with E-state index in [1.165, 1.54) is 0 Å². The van der Waals surface area contributed by atoms with Gasteiger partial charge in [0.15, 0.2) is 0 Å². The van der Waals surface area contributed by atoms with Crippen LogP contribution in [-0.2, 0) is 4.74 Å². The lowest BCUT2D eigenvalue weighted by molar-refractivity contribution is 0.0300. The van der Waals surface area contributed by atoms with E-state index in [0.717, 1.165) is 22.4 Å². The molecule has 1 amide bonds. The van der Waals surface area contributed by atoms with E-state index in [4.69, 9.17) is 4.74 Å². The van der Waals surface area contributed by atoms with Gasteiger partial charge in [0.25, 0.3) is 5.91 Å². The van der Waals surface area contributed by atoms with Crippen molar-refractivity contribution in [2.24, 2.45) is 0 Å². The lowest BCUT2D eigenvalue weighted by Gasteiger charge is -2.37. The lowest BCUT2D eigenvalue weighted by atomic mass is 9.98. The Morgan fingerprint density at radius 3 is 2.23 bits per heavy atom. The molecule has 0 saturated carbocycles. The van der Waals surface area contributed by atoms with E-state index in [9.17, 15) is 14.7 Å². The second-order valence-corrected chi connectivity index (χ2v) is 7.43. The molecule has 1 saturated heterocycles. The smallest absolute Gasteiger partial charge is 0.335 e. The minimum Gasteiger partial charge on any atom is -0.478 e. The molecule has 1 aliphatic rings. The minimum atomic E-state index is -0.955. The quantitative estimate of drug-likeness (QED) is 0.673. The van der Waals surface area contributed by atoms with Gasteiger partial charge in [0.05, 0.1) is 24.5 Å². The number of carboxylic acids is 1. The van der Waals surface area contributed by atoms with Crippen molar-refractivity contribution in [3.05, 3.63) is 89.5 Å². The van der Waals surface area contributed by atoms with Crippen LogP contribution < -0.4 is 5.01 Å². The van der Waals surface area contributed by atoms with Crippen molar-refractivity contribution in [1.29, 1.82) is 0 Å². The van der Waals surface area contributed by atoms with Gasteiger partial charge < -0.3 is 9.84 Å². The normalized spacial score (nSPS) is 14.2. The zero-order valence-electron chi connectivity index (χ0n) is 17.3. The van der Waals surface area contributed by atoms with E-state index >= 15 is 0 Å². The second-order valence-electron chi connectivity index (χ2n) is 7.43. The van der Waals surface area contributed by atoms with Gasteiger partial charge in [-0.25, -0.2) is 14.8 Å². The van der Waals surface area contributed by atoms with Crippen LogP contribution in [0.25, 0.3) is 11.1 Å². The van der Waals surface area contributed by atoms with Crippen LogP contribution in [0.4, 0.5) is 5.69 Å². The molecule has 31 heavy (non-hydrogen) atoms. The first-order chi connectivity index (χ1) is 15.0. The first-order valence-electron chi connectivity index (χ1n) is 10.2. The maximum Gasteiger partial charge on any atom is 0.335 e. The molecule has 0 atom stereocenters. The second kappa shape index (κ2) is 9.12. The number of rotatable bonds is 5. The average Bonchev–Trinajstić information content (AvgIpc) is 2.81. The van der Waals surface area contributed by atoms with Crippen molar-refractivity contribution in [3.8, 4) is 11.1 Å². The van der Waals surface area contributed by atoms with Gasteiger partial charge in [-0.15, -0.1) is 0 Å². The number of ether oxygens (including phenoxy) is 1. The van der Waals surface area contributed by atoms with Crippen molar-refractivity contribution < 1.29 is 19.4 Å². The number of carboxylic acid groups (broad SMARTS) is 1. The number of amides is 1. The van der Waals surface area contributed by atoms with E-state index in [1.807, 2.05) is 60.5 Å². The predicted octanol–water partition coefficient (Wildman–Crippen LogP) is 4.25. The summed E-state index contributed by atoms with van der Waals surface area (Å²) in [5.74, 6) is -1.05. The lowest BCUT2D eigenvalue weighted by Crippen LogP contribution is -2.52. The van der Waals surface area contributed by atoms with Gasteiger partial charge in [-0.2, -0.15) is 0 Å². The highest BCUT2D eigenvalue weighted by atomic mass is 16.5. The van der Waals surface area contributed by atoms with Gasteiger partial charge >= 0.3 is 5.97 Å². The van der Waals surface area contributed by atoms with Crippen LogP contribution >= 0.6 is 0 Å². The average molecular weight is 416 g/mol. The van der Waals surface area contributed by atoms with Crippen LogP contribution in [0.1, 0.15) is 26.3 Å². The molecule has 158 valence electrons. The van der Waals surface area contributed by atoms with Crippen molar-refractivity contribution >= 4 is 17.6 Å². The monoisotopic (exact) mass is 416 g/mol. The van der Waals surface area contributed by atoms with Crippen LogP contribution in [0.2, 0.25) is 0 Å². The van der Waals surface area contributed by atoms with Crippen LogP contribution in [0.5, 0.6) is 0 Å². The number of aryl methyl sites for hydroxylation is 1. The third kappa shape index (κ3) is 4.50. The zero-order valence-corrected chi connectivity index (χ0v) is 17.3. The highest BCUT2D eigenvalue weighted by Crippen LogP contribution is 2.30. The summed E-state index contributed by atoms with van der Waals surface area (Å²) in [5, 5.41) is 12.9. The van der Waals surface area contributed by atoms with E-state index in [2.05, 4.69) is 0 Å². The largest absolute Gasteiger partial charge is 0.478 e. The molecule has 1 fully saturated rings. The van der Waals surface area contributed by atoms with Crippen LogP contribution in [0, 0.1) is 6.92 Å². The molecule has 1 N–H and O–H groups in total. The molecule has 3 aromatic carbocycles. The molecular weight excluding hydrogens is 392 g/mol. The SMILES string of the molecule is Cc1ccc(N(C(=O)c2ccccc2)N2CCOCC2)cc1-c1ccc(C(=O)O)cc1. The van der Waals surface area contributed by atoms with Crippen molar-refractivity contribution in [2.75, 3.05) is 31.3 Å². The van der Waals surface area contributed by atoms with E-state index < -0.39 is 5.97 Å². The number of hydrogen-bond donors (Lipinski definition) is 1. The summed E-state index contributed by atoms with van der Waals surface area (Å²) in [7, 11) is 0. The van der Waals surface area contributed by atoms with E-state index in [-0.39, 0.29) is 11.5 Å². The van der Waals surface area contributed by atoms with Crippen LogP contribution in [0.15, 0.2) is 72.8 Å². The van der Waals surface area contributed by atoms with Gasteiger partial charge in [-0.1, -0.05) is 36.4 Å². The Bertz CT molecular complexity index is 1070. The van der Waals surface area contributed by atoms with Gasteiger partial charge in [0.2, 0.25) is 0 Å². The topological polar surface area (TPSA) is 70.1 Å². The molecular formula is C25H24N2O4. The number of aromatic carboxylic acids is 1. The highest BCUT2D eigenvalue weighted by Gasteiger charge is 2.26. The zero-order chi connectivity index (χ0) is 21.8. The number of anilines is 1. The molecule has 0 bridgehead atoms. The number of hydrogen-bond acceptors (Lipinski definition) is 4. The first kappa shape index (κ1) is 20.8. The molecule has 6 heteroatoms. The molecule has 0 spiro atoms. The number of nitrogens with zero attached hydrogens (tertiary/aromatic N) is 2. The number of carbonyl (C=O) groups is 2. The Morgan fingerprint density at radius 2 is 1.58 bits per heavy atom. The minimum absolute atomic E-state index is 0.0986. The Balaban J connectivity index is 1.75.